The van der Waals surface area contributed by atoms with Crippen LogP contribution in [-0.2, 0) is 0 Å². The first-order valence-corrected chi connectivity index (χ1v) is 7.12. The molecule has 2 aromatic rings. The Morgan fingerprint density at radius 2 is 1.83 bits per heavy atom. The highest BCUT2D eigenvalue weighted by molar-refractivity contribution is 5.93. The molecule has 2 heterocycles. The number of fused-ring (bicyclic) bond motifs is 3. The third kappa shape index (κ3) is 2.05. The topological polar surface area (TPSA) is 59.9 Å². The van der Waals surface area contributed by atoms with Crippen molar-refractivity contribution in [3.05, 3.63) is 64.6 Å². The summed E-state index contributed by atoms with van der Waals surface area (Å²) in [6, 6.07) is 8.88. The van der Waals surface area contributed by atoms with E-state index >= 15 is 0 Å². The largest absolute Gasteiger partial charge is 0.497 e. The molecular weight excluding hydrogens is 316 g/mol. The number of ether oxygens (including phenoxy) is 1. The van der Waals surface area contributed by atoms with E-state index in [-0.39, 0.29) is 5.56 Å². The predicted molar refractivity (Wildman–Crippen MR) is 84.8 cm³/mol. The number of nitrogens with zero attached hydrogens (tertiary/aromatic N) is 2. The molecule has 0 fully saturated rings. The Labute approximate surface area is 134 Å². The van der Waals surface area contributed by atoms with Crippen LogP contribution in [0.1, 0.15) is 0 Å². The van der Waals surface area contributed by atoms with Gasteiger partial charge in [0.2, 0.25) is 0 Å². The summed E-state index contributed by atoms with van der Waals surface area (Å²) in [6.07, 6.45) is 1.45. The second-order valence-electron chi connectivity index (χ2n) is 5.28. The molecule has 0 amide bonds. The number of benzene rings is 2. The van der Waals surface area contributed by atoms with E-state index in [9.17, 15) is 13.6 Å². The van der Waals surface area contributed by atoms with E-state index in [2.05, 4.69) is 10.1 Å². The highest BCUT2D eigenvalue weighted by Gasteiger charge is 2.20. The van der Waals surface area contributed by atoms with Crippen LogP contribution in [0.2, 0.25) is 0 Å². The van der Waals surface area contributed by atoms with Gasteiger partial charge in [-0.25, -0.2) is 8.78 Å². The summed E-state index contributed by atoms with van der Waals surface area (Å²) in [5.74, 6) is -1.30. The molecule has 0 atom stereocenters. The van der Waals surface area contributed by atoms with Crippen molar-refractivity contribution in [2.75, 3.05) is 7.11 Å². The zero-order valence-electron chi connectivity index (χ0n) is 12.5. The average Bonchev–Trinajstić information content (AvgIpc) is 2.93. The Bertz CT molecular complexity index is 1080. The first-order chi connectivity index (χ1) is 11.6. The van der Waals surface area contributed by atoms with Crippen LogP contribution in [0, 0.1) is 11.6 Å². The van der Waals surface area contributed by atoms with Crippen molar-refractivity contribution in [1.82, 2.24) is 14.8 Å². The molecule has 4 rings (SSSR count). The molecule has 5 nitrogen and oxygen atoms in total. The number of aromatic nitrogens is 3. The first kappa shape index (κ1) is 14.4. The van der Waals surface area contributed by atoms with Gasteiger partial charge in [0.1, 0.15) is 11.4 Å². The van der Waals surface area contributed by atoms with Crippen LogP contribution < -0.4 is 10.3 Å². The van der Waals surface area contributed by atoms with Crippen LogP contribution in [0.15, 0.2) is 47.4 Å². The Kier molecular flexibility index (Phi) is 3.09. The van der Waals surface area contributed by atoms with E-state index in [1.165, 1.54) is 10.9 Å². The van der Waals surface area contributed by atoms with Crippen LogP contribution >= 0.6 is 0 Å². The highest BCUT2D eigenvalue weighted by Crippen LogP contribution is 2.27. The Hall–Kier alpha value is -3.22. The molecule has 0 saturated carbocycles. The van der Waals surface area contributed by atoms with Crippen molar-refractivity contribution >= 4 is 10.9 Å². The van der Waals surface area contributed by atoms with Gasteiger partial charge in [-0.05, 0) is 30.3 Å². The minimum absolute atomic E-state index is 0.296. The van der Waals surface area contributed by atoms with Gasteiger partial charge in [0.05, 0.1) is 23.9 Å². The number of pyridine rings is 1. The maximum absolute atomic E-state index is 13.6. The SMILES string of the molecule is COc1ccc(-n2nc3c4cc(F)c(F)cc4[nH]cc-3c2=O)cc1. The standard InChI is InChI=1S/C17H11F2N3O2/c1-24-10-4-2-9(3-5-10)22-17(23)12-8-20-15-7-14(19)13(18)6-11(15)16(12)21-22/h2-8,20H,1H3. The smallest absolute Gasteiger partial charge is 0.282 e. The lowest BCUT2D eigenvalue weighted by atomic mass is 10.1. The maximum Gasteiger partial charge on any atom is 0.282 e. The van der Waals surface area contributed by atoms with Crippen molar-refractivity contribution in [2.24, 2.45) is 0 Å². The molecule has 0 radical (unpaired) electrons. The average molecular weight is 327 g/mol. The van der Waals surface area contributed by atoms with E-state index in [4.69, 9.17) is 4.74 Å². The van der Waals surface area contributed by atoms with Crippen LogP contribution in [0.25, 0.3) is 27.8 Å². The second kappa shape index (κ2) is 5.16. The van der Waals surface area contributed by atoms with E-state index < -0.39 is 11.6 Å². The van der Waals surface area contributed by atoms with Gasteiger partial charge in [-0.15, -0.1) is 0 Å². The predicted octanol–water partition coefficient (Wildman–Crippen LogP) is 3.11. The molecule has 2 aromatic carbocycles. The summed E-state index contributed by atoms with van der Waals surface area (Å²) in [6.45, 7) is 0. The molecule has 0 saturated heterocycles. The molecule has 7 heteroatoms. The van der Waals surface area contributed by atoms with Crippen molar-refractivity contribution in [1.29, 1.82) is 0 Å². The van der Waals surface area contributed by atoms with E-state index in [1.54, 1.807) is 31.4 Å². The normalized spacial score (nSPS) is 11.3. The quantitative estimate of drug-likeness (QED) is 0.615. The summed E-state index contributed by atoms with van der Waals surface area (Å²) in [4.78, 5) is 15.4. The molecule has 0 spiro atoms. The number of halogens is 2. The Morgan fingerprint density at radius 1 is 1.12 bits per heavy atom. The van der Waals surface area contributed by atoms with Gasteiger partial charge in [-0.2, -0.15) is 9.78 Å². The summed E-state index contributed by atoms with van der Waals surface area (Å²) in [7, 11) is 1.55. The van der Waals surface area contributed by atoms with Gasteiger partial charge >= 0.3 is 0 Å². The summed E-state index contributed by atoms with van der Waals surface area (Å²) >= 11 is 0. The van der Waals surface area contributed by atoms with Crippen molar-refractivity contribution in [3.63, 3.8) is 0 Å². The lowest BCUT2D eigenvalue weighted by molar-refractivity contribution is 0.414. The molecule has 0 bridgehead atoms. The molecule has 120 valence electrons. The zero-order valence-corrected chi connectivity index (χ0v) is 12.5. The summed E-state index contributed by atoms with van der Waals surface area (Å²) in [5, 5.41) is 4.63. The monoisotopic (exact) mass is 327 g/mol. The third-order valence-corrected chi connectivity index (χ3v) is 3.88. The molecule has 0 aliphatic carbocycles. The van der Waals surface area contributed by atoms with Gasteiger partial charge in [0.25, 0.3) is 5.56 Å². The minimum atomic E-state index is -0.991. The number of aromatic amines is 1. The Morgan fingerprint density at radius 3 is 2.54 bits per heavy atom. The summed E-state index contributed by atoms with van der Waals surface area (Å²) in [5.41, 5.74) is 1.17. The fourth-order valence-corrected chi connectivity index (χ4v) is 2.65. The number of rotatable bonds is 2. The van der Waals surface area contributed by atoms with E-state index in [0.29, 0.717) is 33.6 Å². The van der Waals surface area contributed by atoms with E-state index in [1.807, 2.05) is 0 Å². The second-order valence-corrected chi connectivity index (χ2v) is 5.28. The highest BCUT2D eigenvalue weighted by atomic mass is 19.2. The molecular formula is C17H11F2N3O2. The van der Waals surface area contributed by atoms with Crippen molar-refractivity contribution < 1.29 is 13.5 Å². The fraction of sp³-hybridized carbons (Fsp3) is 0.0588. The lowest BCUT2D eigenvalue weighted by Crippen LogP contribution is -2.14. The minimum Gasteiger partial charge on any atom is -0.497 e. The number of methoxy groups -OCH3 is 1. The number of hydrogen-bond acceptors (Lipinski definition) is 3. The fourth-order valence-electron chi connectivity index (χ4n) is 2.65. The summed E-state index contributed by atoms with van der Waals surface area (Å²) < 4.78 is 33.3. The molecule has 0 aromatic heterocycles. The third-order valence-electron chi connectivity index (χ3n) is 3.88. The van der Waals surface area contributed by atoms with Gasteiger partial charge in [-0.1, -0.05) is 0 Å². The molecule has 0 unspecified atom stereocenters. The first-order valence-electron chi connectivity index (χ1n) is 7.12. The molecule has 2 aliphatic rings. The lowest BCUT2D eigenvalue weighted by Gasteiger charge is -2.03. The number of hydrogen-bond donors (Lipinski definition) is 1. The van der Waals surface area contributed by atoms with Gasteiger partial charge in [0, 0.05) is 17.6 Å². The number of H-pyrrole nitrogens is 1. The van der Waals surface area contributed by atoms with Crippen LogP contribution in [-0.4, -0.2) is 21.9 Å². The maximum atomic E-state index is 13.6. The van der Waals surface area contributed by atoms with Gasteiger partial charge in [0.15, 0.2) is 11.6 Å². The van der Waals surface area contributed by atoms with Crippen molar-refractivity contribution in [3.8, 4) is 22.7 Å². The number of nitrogens with one attached hydrogen (secondary N) is 1. The molecule has 2 aliphatic heterocycles. The zero-order chi connectivity index (χ0) is 16.8. The van der Waals surface area contributed by atoms with Gasteiger partial charge < -0.3 is 9.72 Å². The Balaban J connectivity index is 1.99. The van der Waals surface area contributed by atoms with Gasteiger partial charge in [-0.3, -0.25) is 4.79 Å². The van der Waals surface area contributed by atoms with Crippen LogP contribution in [0.5, 0.6) is 5.75 Å². The molecule has 24 heavy (non-hydrogen) atoms. The van der Waals surface area contributed by atoms with Crippen LogP contribution in [0.4, 0.5) is 8.78 Å². The molecule has 1 N–H and O–H groups in total. The van der Waals surface area contributed by atoms with Crippen molar-refractivity contribution in [2.45, 2.75) is 0 Å². The van der Waals surface area contributed by atoms with E-state index in [0.717, 1.165) is 12.1 Å². The van der Waals surface area contributed by atoms with Crippen LogP contribution in [0.3, 0.4) is 0 Å².